The van der Waals surface area contributed by atoms with Crippen LogP contribution >= 0.6 is 0 Å². The second-order valence-corrected chi connectivity index (χ2v) is 8.07. The van der Waals surface area contributed by atoms with E-state index in [1.165, 1.54) is 11.0 Å². The molecule has 4 rings (SSSR count). The molecule has 2 heterocycles. The van der Waals surface area contributed by atoms with Crippen LogP contribution in [0.3, 0.4) is 0 Å². The molecule has 0 atom stereocenters. The highest BCUT2D eigenvalue weighted by molar-refractivity contribution is 6.01. The van der Waals surface area contributed by atoms with E-state index in [-0.39, 0.29) is 42.8 Å². The summed E-state index contributed by atoms with van der Waals surface area (Å²) in [7, 11) is 0. The van der Waals surface area contributed by atoms with Gasteiger partial charge in [0.15, 0.2) is 0 Å². The van der Waals surface area contributed by atoms with E-state index in [1.807, 2.05) is 6.07 Å². The third kappa shape index (κ3) is 4.83. The van der Waals surface area contributed by atoms with E-state index in [0.717, 1.165) is 11.1 Å². The molecule has 0 spiro atoms. The van der Waals surface area contributed by atoms with Crippen LogP contribution in [0, 0.1) is 10.1 Å². The molecule has 2 aliphatic heterocycles. The Morgan fingerprint density at radius 3 is 2.16 bits per heavy atom. The Morgan fingerprint density at radius 2 is 1.53 bits per heavy atom. The Morgan fingerprint density at radius 1 is 0.875 bits per heavy atom. The van der Waals surface area contributed by atoms with Crippen molar-refractivity contribution in [2.75, 3.05) is 26.2 Å². The minimum Gasteiger partial charge on any atom is -0.336 e. The summed E-state index contributed by atoms with van der Waals surface area (Å²) in [5, 5.41) is 10.9. The molecule has 166 valence electrons. The van der Waals surface area contributed by atoms with Gasteiger partial charge >= 0.3 is 0 Å². The molecule has 2 aliphatic rings. The molecule has 0 N–H and O–H groups in total. The molecule has 0 aliphatic carbocycles. The van der Waals surface area contributed by atoms with Crippen LogP contribution in [0.15, 0.2) is 48.5 Å². The molecule has 9 heteroatoms. The highest BCUT2D eigenvalue weighted by atomic mass is 16.6. The molecule has 2 aromatic rings. The number of nitro groups is 1. The fourth-order valence-electron chi connectivity index (χ4n) is 4.05. The molecule has 0 aromatic heterocycles. The van der Waals surface area contributed by atoms with Crippen molar-refractivity contribution < 1.29 is 19.3 Å². The van der Waals surface area contributed by atoms with Crippen molar-refractivity contribution in [1.29, 1.82) is 0 Å². The first-order valence-electron chi connectivity index (χ1n) is 10.6. The zero-order valence-electron chi connectivity index (χ0n) is 17.6. The minimum atomic E-state index is -0.397. The van der Waals surface area contributed by atoms with Gasteiger partial charge in [0.25, 0.3) is 11.6 Å². The molecule has 0 unspecified atom stereocenters. The smallest absolute Gasteiger partial charge is 0.269 e. The van der Waals surface area contributed by atoms with Crippen LogP contribution in [-0.2, 0) is 22.7 Å². The van der Waals surface area contributed by atoms with Crippen LogP contribution in [0.25, 0.3) is 0 Å². The Balaban J connectivity index is 1.30. The van der Waals surface area contributed by atoms with Gasteiger partial charge in [-0.05, 0) is 23.3 Å². The van der Waals surface area contributed by atoms with Crippen LogP contribution in [0.1, 0.15) is 34.3 Å². The van der Waals surface area contributed by atoms with Gasteiger partial charge in [-0.25, -0.2) is 0 Å². The van der Waals surface area contributed by atoms with Gasteiger partial charge in [-0.1, -0.05) is 24.3 Å². The molecule has 9 nitrogen and oxygen atoms in total. The van der Waals surface area contributed by atoms with Gasteiger partial charge in [-0.2, -0.15) is 0 Å². The number of imide groups is 1. The number of hydrogen-bond donors (Lipinski definition) is 0. The average molecular weight is 436 g/mol. The number of benzene rings is 2. The zero-order chi connectivity index (χ0) is 22.7. The van der Waals surface area contributed by atoms with Crippen molar-refractivity contribution >= 4 is 23.4 Å². The second-order valence-electron chi connectivity index (χ2n) is 8.07. The van der Waals surface area contributed by atoms with Crippen molar-refractivity contribution in [2.45, 2.75) is 25.9 Å². The van der Waals surface area contributed by atoms with Gasteiger partial charge in [-0.3, -0.25) is 34.3 Å². The molecule has 0 radical (unpaired) electrons. The highest BCUT2D eigenvalue weighted by Gasteiger charge is 2.29. The molecule has 0 saturated carbocycles. The molecule has 32 heavy (non-hydrogen) atoms. The first kappa shape index (κ1) is 21.6. The third-order valence-electron chi connectivity index (χ3n) is 5.88. The Labute approximate surface area is 185 Å². The number of carbonyl (C=O) groups is 3. The number of rotatable bonds is 6. The second kappa shape index (κ2) is 9.27. The van der Waals surface area contributed by atoms with Crippen molar-refractivity contribution in [3.05, 3.63) is 75.3 Å². The first-order valence-corrected chi connectivity index (χ1v) is 10.6. The van der Waals surface area contributed by atoms with Crippen LogP contribution < -0.4 is 0 Å². The quantitative estimate of drug-likeness (QED) is 0.391. The number of non-ortho nitro benzene ring substituents is 1. The van der Waals surface area contributed by atoms with Gasteiger partial charge in [-0.15, -0.1) is 0 Å². The van der Waals surface area contributed by atoms with Gasteiger partial charge in [0.05, 0.1) is 11.5 Å². The van der Waals surface area contributed by atoms with E-state index in [9.17, 15) is 24.5 Å². The molecule has 0 bridgehead atoms. The monoisotopic (exact) mass is 436 g/mol. The van der Waals surface area contributed by atoms with E-state index < -0.39 is 4.92 Å². The number of carbonyl (C=O) groups excluding carboxylic acids is 3. The lowest BCUT2D eigenvalue weighted by molar-refractivity contribution is -0.384. The van der Waals surface area contributed by atoms with E-state index >= 15 is 0 Å². The number of likely N-dealkylation sites (tertiary alicyclic amines) is 1. The fraction of sp³-hybridized carbons (Fsp3) is 0.348. The maximum absolute atomic E-state index is 12.9. The largest absolute Gasteiger partial charge is 0.336 e. The average Bonchev–Trinajstić information content (AvgIpc) is 3.12. The zero-order valence-corrected chi connectivity index (χ0v) is 17.6. The molecular weight excluding hydrogens is 412 g/mol. The summed E-state index contributed by atoms with van der Waals surface area (Å²) in [6.07, 6.45) is 0.533. The molecular formula is C23H24N4O5. The normalized spacial score (nSPS) is 17.1. The van der Waals surface area contributed by atoms with Crippen LogP contribution in [0.4, 0.5) is 5.69 Å². The summed E-state index contributed by atoms with van der Waals surface area (Å²) in [6, 6.07) is 13.7. The Hall–Kier alpha value is -3.59. The molecule has 2 fully saturated rings. The summed E-state index contributed by atoms with van der Waals surface area (Å²) in [4.78, 5) is 52.2. The van der Waals surface area contributed by atoms with Crippen LogP contribution in [0.5, 0.6) is 0 Å². The van der Waals surface area contributed by atoms with Crippen molar-refractivity contribution in [3.63, 3.8) is 0 Å². The predicted molar refractivity (Wildman–Crippen MR) is 116 cm³/mol. The van der Waals surface area contributed by atoms with Gasteiger partial charge in [0.1, 0.15) is 0 Å². The molecule has 2 aromatic carbocycles. The molecule has 2 saturated heterocycles. The Bertz CT molecular complexity index is 1030. The van der Waals surface area contributed by atoms with E-state index in [4.69, 9.17) is 0 Å². The van der Waals surface area contributed by atoms with Gasteiger partial charge in [0.2, 0.25) is 11.8 Å². The summed E-state index contributed by atoms with van der Waals surface area (Å²) in [5.74, 6) is -0.365. The number of nitro benzene ring substituents is 1. The fourth-order valence-corrected chi connectivity index (χ4v) is 4.05. The van der Waals surface area contributed by atoms with E-state index in [1.54, 1.807) is 41.3 Å². The van der Waals surface area contributed by atoms with E-state index in [2.05, 4.69) is 4.90 Å². The number of hydrogen-bond acceptors (Lipinski definition) is 6. The number of amides is 3. The van der Waals surface area contributed by atoms with Crippen LogP contribution in [-0.4, -0.2) is 63.5 Å². The minimum absolute atomic E-state index is 0.0557. The first-order chi connectivity index (χ1) is 15.4. The van der Waals surface area contributed by atoms with Crippen molar-refractivity contribution in [3.8, 4) is 0 Å². The highest BCUT2D eigenvalue weighted by Crippen LogP contribution is 2.18. The predicted octanol–water partition coefficient (Wildman–Crippen LogP) is 2.20. The summed E-state index contributed by atoms with van der Waals surface area (Å²) in [5.41, 5.74) is 2.34. The lowest BCUT2D eigenvalue weighted by Crippen LogP contribution is -2.48. The van der Waals surface area contributed by atoms with Crippen molar-refractivity contribution in [2.24, 2.45) is 0 Å². The maximum atomic E-state index is 12.9. The lowest BCUT2D eigenvalue weighted by atomic mass is 10.1. The van der Waals surface area contributed by atoms with Gasteiger partial charge in [0, 0.05) is 63.3 Å². The van der Waals surface area contributed by atoms with Crippen LogP contribution in [0.2, 0.25) is 0 Å². The Kier molecular flexibility index (Phi) is 6.27. The van der Waals surface area contributed by atoms with E-state index in [0.29, 0.717) is 38.3 Å². The SMILES string of the molecule is O=C(c1ccc(CN2C(=O)CCC2=O)cc1)N1CCN(Cc2cccc([N+](=O)[O-])c2)CC1. The maximum Gasteiger partial charge on any atom is 0.269 e. The number of nitrogens with zero attached hydrogens (tertiary/aromatic N) is 4. The lowest BCUT2D eigenvalue weighted by Gasteiger charge is -2.34. The topological polar surface area (TPSA) is 104 Å². The third-order valence-corrected chi connectivity index (χ3v) is 5.88. The summed E-state index contributed by atoms with van der Waals surface area (Å²) >= 11 is 0. The summed E-state index contributed by atoms with van der Waals surface area (Å²) < 4.78 is 0. The van der Waals surface area contributed by atoms with Gasteiger partial charge < -0.3 is 4.90 Å². The standard InChI is InChI=1S/C23H24N4O5/c28-21-8-9-22(29)26(21)16-17-4-6-19(7-5-17)23(30)25-12-10-24(11-13-25)15-18-2-1-3-20(14-18)27(31)32/h1-7,14H,8-13,15-16H2. The molecule has 3 amide bonds. The number of piperazine rings is 1. The summed E-state index contributed by atoms with van der Waals surface area (Å²) in [6.45, 7) is 3.37. The van der Waals surface area contributed by atoms with Crippen molar-refractivity contribution in [1.82, 2.24) is 14.7 Å².